The second-order valence-corrected chi connectivity index (χ2v) is 6.29. The average molecular weight is 445 g/mol. The number of methoxy groups -OCH3 is 1. The molecule has 1 N–H and O–H groups in total. The van der Waals surface area contributed by atoms with Crippen LogP contribution in [0.1, 0.15) is 15.9 Å². The van der Waals surface area contributed by atoms with Crippen LogP contribution in [-0.4, -0.2) is 25.0 Å². The molecule has 126 valence electrons. The molecular formula is C17H14F2INO3. The summed E-state index contributed by atoms with van der Waals surface area (Å²) in [7, 11) is 1.21. The zero-order valence-corrected chi connectivity index (χ0v) is 14.8. The van der Waals surface area contributed by atoms with Crippen molar-refractivity contribution in [1.29, 1.82) is 0 Å². The normalized spacial score (nSPS) is 11.7. The predicted molar refractivity (Wildman–Crippen MR) is 92.5 cm³/mol. The van der Waals surface area contributed by atoms with E-state index in [4.69, 9.17) is 4.74 Å². The number of halogens is 3. The molecule has 0 radical (unpaired) electrons. The van der Waals surface area contributed by atoms with Gasteiger partial charge in [0.25, 0.3) is 5.91 Å². The maximum atomic E-state index is 13.2. The van der Waals surface area contributed by atoms with Gasteiger partial charge >= 0.3 is 5.97 Å². The fourth-order valence-electron chi connectivity index (χ4n) is 2.16. The number of ether oxygens (including phenoxy) is 1. The van der Waals surface area contributed by atoms with Gasteiger partial charge in [0.1, 0.15) is 17.7 Å². The monoisotopic (exact) mass is 445 g/mol. The first-order valence-corrected chi connectivity index (χ1v) is 8.06. The predicted octanol–water partition coefficient (Wildman–Crippen LogP) is 3.08. The van der Waals surface area contributed by atoms with Gasteiger partial charge in [0.05, 0.1) is 7.11 Å². The Morgan fingerprint density at radius 2 is 1.83 bits per heavy atom. The van der Waals surface area contributed by atoms with Crippen LogP contribution in [-0.2, 0) is 16.0 Å². The molecule has 0 spiro atoms. The van der Waals surface area contributed by atoms with E-state index in [1.807, 2.05) is 24.3 Å². The van der Waals surface area contributed by atoms with Crippen molar-refractivity contribution < 1.29 is 23.1 Å². The van der Waals surface area contributed by atoms with Gasteiger partial charge in [-0.3, -0.25) is 4.79 Å². The minimum absolute atomic E-state index is 0.201. The third-order valence-corrected chi connectivity index (χ3v) is 3.92. The molecule has 1 atom stereocenters. The van der Waals surface area contributed by atoms with Crippen molar-refractivity contribution in [2.75, 3.05) is 7.11 Å². The molecule has 0 aliphatic rings. The van der Waals surface area contributed by atoms with Gasteiger partial charge in [-0.25, -0.2) is 13.6 Å². The molecule has 7 heteroatoms. The summed E-state index contributed by atoms with van der Waals surface area (Å²) in [6.07, 6.45) is 0.201. The molecule has 0 unspecified atom stereocenters. The van der Waals surface area contributed by atoms with E-state index in [0.717, 1.165) is 21.3 Å². The van der Waals surface area contributed by atoms with Crippen molar-refractivity contribution in [3.05, 3.63) is 68.8 Å². The van der Waals surface area contributed by atoms with Crippen LogP contribution in [0, 0.1) is 15.2 Å². The Bertz CT molecular complexity index is 747. The van der Waals surface area contributed by atoms with E-state index in [-0.39, 0.29) is 12.0 Å². The Balaban J connectivity index is 2.19. The summed E-state index contributed by atoms with van der Waals surface area (Å²) in [6.45, 7) is 0. The highest BCUT2D eigenvalue weighted by Crippen LogP contribution is 2.12. The molecule has 2 aromatic rings. The topological polar surface area (TPSA) is 55.4 Å². The Kier molecular flexibility index (Phi) is 6.24. The second-order valence-electron chi connectivity index (χ2n) is 5.04. The minimum Gasteiger partial charge on any atom is -0.467 e. The van der Waals surface area contributed by atoms with Gasteiger partial charge in [-0.1, -0.05) is 12.1 Å². The molecule has 4 nitrogen and oxygen atoms in total. The number of rotatable bonds is 5. The molecule has 0 aromatic heterocycles. The van der Waals surface area contributed by atoms with Gasteiger partial charge in [-0.2, -0.15) is 0 Å². The summed E-state index contributed by atoms with van der Waals surface area (Å²) >= 11 is 2.13. The van der Waals surface area contributed by atoms with Crippen LogP contribution in [0.3, 0.4) is 0 Å². The van der Waals surface area contributed by atoms with E-state index in [2.05, 4.69) is 27.9 Å². The quantitative estimate of drug-likeness (QED) is 0.569. The number of esters is 1. The summed E-state index contributed by atoms with van der Waals surface area (Å²) in [6, 6.07) is 8.90. The summed E-state index contributed by atoms with van der Waals surface area (Å²) in [5.74, 6) is -3.13. The third-order valence-electron chi connectivity index (χ3n) is 3.24. The average Bonchev–Trinajstić information content (AvgIpc) is 2.52. The Labute approximate surface area is 151 Å². The van der Waals surface area contributed by atoms with Crippen molar-refractivity contribution in [2.24, 2.45) is 0 Å². The Morgan fingerprint density at radius 1 is 1.17 bits per heavy atom. The lowest BCUT2D eigenvalue weighted by atomic mass is 10.1. The highest BCUT2D eigenvalue weighted by Gasteiger charge is 2.23. The number of amides is 1. The summed E-state index contributed by atoms with van der Waals surface area (Å²) in [4.78, 5) is 24.1. The maximum Gasteiger partial charge on any atom is 0.328 e. The number of benzene rings is 2. The maximum absolute atomic E-state index is 13.2. The lowest BCUT2D eigenvalue weighted by molar-refractivity contribution is -0.142. The molecular weight excluding hydrogens is 431 g/mol. The molecule has 0 saturated carbocycles. The van der Waals surface area contributed by atoms with E-state index < -0.39 is 29.6 Å². The molecule has 24 heavy (non-hydrogen) atoms. The number of hydrogen-bond acceptors (Lipinski definition) is 3. The van der Waals surface area contributed by atoms with Crippen LogP contribution in [0.2, 0.25) is 0 Å². The van der Waals surface area contributed by atoms with Gasteiger partial charge in [-0.05, 0) is 52.4 Å². The van der Waals surface area contributed by atoms with Gasteiger partial charge in [0.2, 0.25) is 0 Å². The van der Waals surface area contributed by atoms with Crippen molar-refractivity contribution in [1.82, 2.24) is 5.32 Å². The minimum atomic E-state index is -0.966. The summed E-state index contributed by atoms with van der Waals surface area (Å²) < 4.78 is 32.1. The number of nitrogens with one attached hydrogen (secondary N) is 1. The van der Waals surface area contributed by atoms with Crippen LogP contribution in [0.4, 0.5) is 8.78 Å². The second kappa shape index (κ2) is 8.18. The molecule has 0 aliphatic heterocycles. The van der Waals surface area contributed by atoms with Crippen LogP contribution in [0.25, 0.3) is 0 Å². The fourth-order valence-corrected chi connectivity index (χ4v) is 2.77. The van der Waals surface area contributed by atoms with E-state index in [1.54, 1.807) is 0 Å². The molecule has 0 fully saturated rings. The van der Waals surface area contributed by atoms with E-state index >= 15 is 0 Å². The van der Waals surface area contributed by atoms with Crippen molar-refractivity contribution in [2.45, 2.75) is 12.5 Å². The van der Waals surface area contributed by atoms with Gasteiger partial charge in [0.15, 0.2) is 0 Å². The SMILES string of the molecule is COC(=O)[C@H](Cc1cccc(I)c1)NC(=O)c1cc(F)cc(F)c1. The Morgan fingerprint density at radius 3 is 2.42 bits per heavy atom. The molecule has 0 saturated heterocycles. The third kappa shape index (κ3) is 4.98. The molecule has 1 amide bonds. The van der Waals surface area contributed by atoms with E-state index in [0.29, 0.717) is 6.07 Å². The van der Waals surface area contributed by atoms with Crippen LogP contribution >= 0.6 is 22.6 Å². The number of carbonyl (C=O) groups is 2. The Hall–Kier alpha value is -2.03. The number of carbonyl (C=O) groups excluding carboxylic acids is 2. The van der Waals surface area contributed by atoms with E-state index in [1.165, 1.54) is 7.11 Å². The van der Waals surface area contributed by atoms with Crippen LogP contribution in [0.15, 0.2) is 42.5 Å². The van der Waals surface area contributed by atoms with Gasteiger partial charge in [-0.15, -0.1) is 0 Å². The highest BCUT2D eigenvalue weighted by atomic mass is 127. The number of hydrogen-bond donors (Lipinski definition) is 1. The first kappa shape index (κ1) is 18.3. The van der Waals surface area contributed by atoms with Gasteiger partial charge < -0.3 is 10.1 Å². The molecule has 2 aromatic carbocycles. The van der Waals surface area contributed by atoms with Crippen molar-refractivity contribution in [3.8, 4) is 0 Å². The summed E-state index contributed by atoms with van der Waals surface area (Å²) in [5, 5.41) is 2.46. The van der Waals surface area contributed by atoms with Gasteiger partial charge in [0, 0.05) is 21.6 Å². The zero-order chi connectivity index (χ0) is 17.7. The highest BCUT2D eigenvalue weighted by molar-refractivity contribution is 14.1. The standard InChI is InChI=1S/C17H14F2INO3/c1-24-17(23)15(6-10-3-2-4-14(20)5-10)21-16(22)11-7-12(18)9-13(19)8-11/h2-5,7-9,15H,6H2,1H3,(H,21,22)/t15-/m0/s1. The smallest absolute Gasteiger partial charge is 0.328 e. The lowest BCUT2D eigenvalue weighted by Gasteiger charge is -2.17. The first-order chi connectivity index (χ1) is 11.4. The first-order valence-electron chi connectivity index (χ1n) is 6.98. The van der Waals surface area contributed by atoms with Crippen molar-refractivity contribution >= 4 is 34.5 Å². The zero-order valence-electron chi connectivity index (χ0n) is 12.7. The van der Waals surface area contributed by atoms with Crippen LogP contribution in [0.5, 0.6) is 0 Å². The summed E-state index contributed by atoms with van der Waals surface area (Å²) in [5.41, 5.74) is 0.618. The van der Waals surface area contributed by atoms with E-state index in [9.17, 15) is 18.4 Å². The lowest BCUT2D eigenvalue weighted by Crippen LogP contribution is -2.43. The molecule has 0 aliphatic carbocycles. The molecule has 2 rings (SSSR count). The molecule has 0 bridgehead atoms. The molecule has 0 heterocycles. The fraction of sp³-hybridized carbons (Fsp3) is 0.176. The van der Waals surface area contributed by atoms with Crippen molar-refractivity contribution in [3.63, 3.8) is 0 Å². The van der Waals surface area contributed by atoms with Crippen LogP contribution < -0.4 is 5.32 Å². The largest absolute Gasteiger partial charge is 0.467 e.